The molecule has 2 rings (SSSR count). The first-order valence-corrected chi connectivity index (χ1v) is 5.72. The maximum atomic E-state index is 13.3. The summed E-state index contributed by atoms with van der Waals surface area (Å²) in [5.41, 5.74) is 1.70. The fourth-order valence-corrected chi connectivity index (χ4v) is 1.62. The van der Waals surface area contributed by atoms with Crippen LogP contribution in [0.15, 0.2) is 42.6 Å². The number of nitrogens with zero attached hydrogens (tertiary/aromatic N) is 1. The van der Waals surface area contributed by atoms with Gasteiger partial charge in [0.1, 0.15) is 5.82 Å². The Morgan fingerprint density at radius 2 is 2.00 bits per heavy atom. The Labute approximate surface area is 106 Å². The highest BCUT2D eigenvalue weighted by Gasteiger charge is 2.00. The van der Waals surface area contributed by atoms with Crippen molar-refractivity contribution in [2.24, 2.45) is 0 Å². The van der Waals surface area contributed by atoms with E-state index in [4.69, 9.17) is 4.74 Å². The van der Waals surface area contributed by atoms with Crippen molar-refractivity contribution in [3.63, 3.8) is 0 Å². The molecule has 94 valence electrons. The lowest BCUT2D eigenvalue weighted by Gasteiger charge is -2.06. The molecule has 0 aliphatic rings. The quantitative estimate of drug-likeness (QED) is 0.880. The van der Waals surface area contributed by atoms with Crippen LogP contribution in [-0.4, -0.2) is 12.1 Å². The molecule has 3 nitrogen and oxygen atoms in total. The van der Waals surface area contributed by atoms with Gasteiger partial charge in [-0.1, -0.05) is 24.3 Å². The molecule has 0 aliphatic heterocycles. The van der Waals surface area contributed by atoms with Crippen molar-refractivity contribution in [2.45, 2.75) is 13.1 Å². The van der Waals surface area contributed by atoms with Crippen molar-refractivity contribution >= 4 is 0 Å². The van der Waals surface area contributed by atoms with E-state index in [0.717, 1.165) is 5.56 Å². The molecular weight excluding hydrogens is 231 g/mol. The lowest BCUT2D eigenvalue weighted by atomic mass is 10.2. The average molecular weight is 246 g/mol. The Morgan fingerprint density at radius 3 is 2.67 bits per heavy atom. The van der Waals surface area contributed by atoms with Crippen molar-refractivity contribution < 1.29 is 9.13 Å². The third kappa shape index (κ3) is 3.28. The monoisotopic (exact) mass is 246 g/mol. The average Bonchev–Trinajstić information content (AvgIpc) is 2.42. The molecule has 0 atom stereocenters. The molecule has 0 radical (unpaired) electrons. The van der Waals surface area contributed by atoms with E-state index in [9.17, 15) is 4.39 Å². The van der Waals surface area contributed by atoms with Gasteiger partial charge >= 0.3 is 0 Å². The number of aromatic nitrogens is 1. The minimum Gasteiger partial charge on any atom is -0.481 e. The van der Waals surface area contributed by atoms with Gasteiger partial charge in [-0.3, -0.25) is 0 Å². The normalized spacial score (nSPS) is 10.3. The molecule has 0 aliphatic carbocycles. The standard InChI is InChI=1S/C14H15FN2O/c1-18-14-7-6-11(9-17-14)8-16-10-12-4-2-3-5-13(12)15/h2-7,9,16H,8,10H2,1H3. The molecule has 1 heterocycles. The zero-order valence-electron chi connectivity index (χ0n) is 10.2. The molecule has 2 aromatic rings. The van der Waals surface area contributed by atoms with Gasteiger partial charge in [0.15, 0.2) is 0 Å². The van der Waals surface area contributed by atoms with Gasteiger partial charge in [-0.25, -0.2) is 9.37 Å². The van der Waals surface area contributed by atoms with Gasteiger partial charge in [-0.05, 0) is 11.6 Å². The van der Waals surface area contributed by atoms with Gasteiger partial charge in [0, 0.05) is 30.9 Å². The van der Waals surface area contributed by atoms with E-state index in [-0.39, 0.29) is 5.82 Å². The maximum Gasteiger partial charge on any atom is 0.212 e. The number of hydrogen-bond donors (Lipinski definition) is 1. The second kappa shape index (κ2) is 6.12. The molecule has 0 spiro atoms. The maximum absolute atomic E-state index is 13.3. The van der Waals surface area contributed by atoms with Crippen molar-refractivity contribution in [1.82, 2.24) is 10.3 Å². The molecule has 0 unspecified atom stereocenters. The fraction of sp³-hybridized carbons (Fsp3) is 0.214. The summed E-state index contributed by atoms with van der Waals surface area (Å²) in [4.78, 5) is 4.10. The minimum absolute atomic E-state index is 0.183. The highest BCUT2D eigenvalue weighted by atomic mass is 19.1. The predicted octanol–water partition coefficient (Wildman–Crippen LogP) is 2.52. The zero-order chi connectivity index (χ0) is 12.8. The Balaban J connectivity index is 1.86. The van der Waals surface area contributed by atoms with Gasteiger partial charge in [-0.2, -0.15) is 0 Å². The Morgan fingerprint density at radius 1 is 1.17 bits per heavy atom. The molecule has 1 N–H and O–H groups in total. The fourth-order valence-electron chi connectivity index (χ4n) is 1.62. The molecule has 0 saturated heterocycles. The first kappa shape index (κ1) is 12.5. The Hall–Kier alpha value is -1.94. The number of benzene rings is 1. The van der Waals surface area contributed by atoms with Crippen LogP contribution in [-0.2, 0) is 13.1 Å². The Bertz CT molecular complexity index is 499. The summed E-state index contributed by atoms with van der Waals surface area (Å²) in [5, 5.41) is 3.18. The van der Waals surface area contributed by atoms with Gasteiger partial charge in [0.25, 0.3) is 0 Å². The first-order valence-electron chi connectivity index (χ1n) is 5.72. The molecule has 4 heteroatoms. The zero-order valence-corrected chi connectivity index (χ0v) is 10.2. The smallest absolute Gasteiger partial charge is 0.212 e. The van der Waals surface area contributed by atoms with Crippen LogP contribution in [0.25, 0.3) is 0 Å². The minimum atomic E-state index is -0.183. The van der Waals surface area contributed by atoms with Gasteiger partial charge in [-0.15, -0.1) is 0 Å². The number of methoxy groups -OCH3 is 1. The van der Waals surface area contributed by atoms with Crippen molar-refractivity contribution in [3.8, 4) is 5.88 Å². The van der Waals surface area contributed by atoms with E-state index in [1.807, 2.05) is 12.1 Å². The lowest BCUT2D eigenvalue weighted by Crippen LogP contribution is -2.13. The summed E-state index contributed by atoms with van der Waals surface area (Å²) in [6, 6.07) is 10.5. The van der Waals surface area contributed by atoms with E-state index in [0.29, 0.717) is 24.5 Å². The highest BCUT2D eigenvalue weighted by molar-refractivity contribution is 5.19. The summed E-state index contributed by atoms with van der Waals surface area (Å²) >= 11 is 0. The van der Waals surface area contributed by atoms with Crippen LogP contribution in [0, 0.1) is 5.82 Å². The van der Waals surface area contributed by atoms with E-state index < -0.39 is 0 Å². The number of ether oxygens (including phenoxy) is 1. The van der Waals surface area contributed by atoms with Crippen LogP contribution in [0.4, 0.5) is 4.39 Å². The van der Waals surface area contributed by atoms with Crippen molar-refractivity contribution in [3.05, 3.63) is 59.5 Å². The van der Waals surface area contributed by atoms with Gasteiger partial charge in [0.05, 0.1) is 7.11 Å². The number of hydrogen-bond acceptors (Lipinski definition) is 3. The molecule has 0 fully saturated rings. The lowest BCUT2D eigenvalue weighted by molar-refractivity contribution is 0.397. The summed E-state index contributed by atoms with van der Waals surface area (Å²) in [6.45, 7) is 1.14. The number of halogens is 1. The van der Waals surface area contributed by atoms with Crippen LogP contribution < -0.4 is 10.1 Å². The third-order valence-electron chi connectivity index (χ3n) is 2.61. The number of rotatable bonds is 5. The molecule has 0 saturated carbocycles. The van der Waals surface area contributed by atoms with Crippen molar-refractivity contribution in [2.75, 3.05) is 7.11 Å². The molecule has 0 bridgehead atoms. The van der Waals surface area contributed by atoms with E-state index in [1.54, 1.807) is 31.5 Å². The van der Waals surface area contributed by atoms with Gasteiger partial charge < -0.3 is 10.1 Å². The van der Waals surface area contributed by atoms with E-state index in [2.05, 4.69) is 10.3 Å². The first-order chi connectivity index (χ1) is 8.79. The van der Waals surface area contributed by atoms with E-state index >= 15 is 0 Å². The predicted molar refractivity (Wildman–Crippen MR) is 67.7 cm³/mol. The number of nitrogens with one attached hydrogen (secondary N) is 1. The second-order valence-corrected chi connectivity index (χ2v) is 3.90. The highest BCUT2D eigenvalue weighted by Crippen LogP contribution is 2.08. The summed E-state index contributed by atoms with van der Waals surface area (Å²) in [5.74, 6) is 0.408. The molecule has 1 aromatic carbocycles. The third-order valence-corrected chi connectivity index (χ3v) is 2.61. The van der Waals surface area contributed by atoms with Gasteiger partial charge in [0.2, 0.25) is 5.88 Å². The number of pyridine rings is 1. The van der Waals surface area contributed by atoms with E-state index in [1.165, 1.54) is 6.07 Å². The summed E-state index contributed by atoms with van der Waals surface area (Å²) in [7, 11) is 1.58. The molecular formula is C14H15FN2O. The SMILES string of the molecule is COc1ccc(CNCc2ccccc2F)cn1. The largest absolute Gasteiger partial charge is 0.481 e. The topological polar surface area (TPSA) is 34.1 Å². The Kier molecular flexibility index (Phi) is 4.25. The summed E-state index contributed by atoms with van der Waals surface area (Å²) < 4.78 is 18.3. The summed E-state index contributed by atoms with van der Waals surface area (Å²) in [6.07, 6.45) is 1.74. The second-order valence-electron chi connectivity index (χ2n) is 3.90. The van der Waals surface area contributed by atoms with Crippen LogP contribution in [0.3, 0.4) is 0 Å². The molecule has 18 heavy (non-hydrogen) atoms. The molecule has 1 aromatic heterocycles. The van der Waals surface area contributed by atoms with Crippen LogP contribution in [0.2, 0.25) is 0 Å². The van der Waals surface area contributed by atoms with Crippen LogP contribution >= 0.6 is 0 Å². The van der Waals surface area contributed by atoms with Crippen molar-refractivity contribution in [1.29, 1.82) is 0 Å². The van der Waals surface area contributed by atoms with Crippen LogP contribution in [0.1, 0.15) is 11.1 Å². The van der Waals surface area contributed by atoms with Crippen LogP contribution in [0.5, 0.6) is 5.88 Å². The molecule has 0 amide bonds.